The third kappa shape index (κ3) is 3.50. The Morgan fingerprint density at radius 2 is 0.933 bits per heavy atom. The first-order valence-corrected chi connectivity index (χ1v) is 15.9. The minimum Gasteiger partial charge on any atom is -0.313 e. The Kier molecular flexibility index (Phi) is 5.18. The number of benzene rings is 8. The van der Waals surface area contributed by atoms with E-state index in [1.165, 1.54) is 92.8 Å². The Bertz CT molecular complexity index is 2670. The van der Waals surface area contributed by atoms with Gasteiger partial charge in [0, 0.05) is 22.3 Å². The molecule has 0 spiro atoms. The van der Waals surface area contributed by atoms with Crippen LogP contribution in [0.1, 0.15) is 17.7 Å². The lowest BCUT2D eigenvalue weighted by molar-refractivity contribution is 0.888. The van der Waals surface area contributed by atoms with Crippen molar-refractivity contribution >= 4 is 70.8 Å². The Hall–Kier alpha value is -5.66. The summed E-state index contributed by atoms with van der Waals surface area (Å²) in [5.41, 5.74) is 7.77. The van der Waals surface area contributed by atoms with Crippen molar-refractivity contribution in [1.82, 2.24) is 4.57 Å². The van der Waals surface area contributed by atoms with E-state index in [9.17, 15) is 0 Å². The summed E-state index contributed by atoms with van der Waals surface area (Å²) in [4.78, 5) is 0. The molecule has 0 saturated carbocycles. The molecule has 1 aliphatic carbocycles. The highest BCUT2D eigenvalue weighted by Crippen LogP contribution is 2.45. The van der Waals surface area contributed by atoms with Gasteiger partial charge >= 0.3 is 0 Å². The quantitative estimate of drug-likeness (QED) is 0.182. The molecule has 1 aromatic heterocycles. The van der Waals surface area contributed by atoms with Crippen molar-refractivity contribution in [2.24, 2.45) is 0 Å². The minimum absolute atomic E-state index is 1.06. The summed E-state index contributed by atoms with van der Waals surface area (Å²) in [5.74, 6) is 0. The molecule has 210 valence electrons. The zero-order valence-corrected chi connectivity index (χ0v) is 24.8. The van der Waals surface area contributed by atoms with Gasteiger partial charge in [0.25, 0.3) is 0 Å². The number of rotatable bonds is 2. The van der Waals surface area contributed by atoms with Crippen LogP contribution >= 0.6 is 0 Å². The highest BCUT2D eigenvalue weighted by molar-refractivity contribution is 6.39. The molecule has 10 rings (SSSR count). The van der Waals surface area contributed by atoms with Gasteiger partial charge in [-0.05, 0) is 108 Å². The van der Waals surface area contributed by atoms with Crippen LogP contribution in [-0.4, -0.2) is 4.57 Å². The van der Waals surface area contributed by atoms with Crippen molar-refractivity contribution in [3.63, 3.8) is 0 Å². The van der Waals surface area contributed by atoms with Crippen molar-refractivity contribution in [3.05, 3.63) is 157 Å². The van der Waals surface area contributed by atoms with Crippen LogP contribution in [0, 0.1) is 0 Å². The van der Waals surface area contributed by atoms with Crippen LogP contribution in [-0.2, 0) is 6.42 Å². The van der Waals surface area contributed by atoms with Crippen LogP contribution < -0.4 is 0 Å². The summed E-state index contributed by atoms with van der Waals surface area (Å²) in [7, 11) is 0. The van der Waals surface area contributed by atoms with Crippen LogP contribution in [0.4, 0.5) is 0 Å². The predicted octanol–water partition coefficient (Wildman–Crippen LogP) is 12.0. The number of fused-ring (bicyclic) bond motifs is 14. The lowest BCUT2D eigenvalue weighted by Crippen LogP contribution is -2.02. The molecule has 0 fully saturated rings. The topological polar surface area (TPSA) is 4.93 Å². The van der Waals surface area contributed by atoms with Gasteiger partial charge in [-0.3, -0.25) is 0 Å². The van der Waals surface area contributed by atoms with E-state index in [0.717, 1.165) is 12.8 Å². The summed E-state index contributed by atoms with van der Waals surface area (Å²) < 4.78 is 2.47. The van der Waals surface area contributed by atoms with Crippen molar-refractivity contribution in [2.75, 3.05) is 0 Å². The molecule has 1 nitrogen and oxygen atoms in total. The van der Waals surface area contributed by atoms with Crippen LogP contribution in [0.15, 0.2) is 146 Å². The standard InChI is InChI=1S/C44H29N/c1-2-12-30(13-3-1)45-41-21-11-10-17-35(41)39-26-29(23-25-42(39)45)28-22-24-34-33-16-6-8-19-37(33)43-36-18-7-4-14-31(36)32-15-5-9-20-38(32)44(43)40(34)27-28/h1-10,12-20,22-27H,11,21H2. The maximum Gasteiger partial charge on any atom is 0.0538 e. The maximum absolute atomic E-state index is 2.47. The molecule has 0 atom stereocenters. The molecular weight excluding hydrogens is 542 g/mol. The molecule has 0 N–H and O–H groups in total. The largest absolute Gasteiger partial charge is 0.313 e. The Morgan fingerprint density at radius 1 is 0.422 bits per heavy atom. The number of nitrogens with zero attached hydrogens (tertiary/aromatic N) is 1. The molecule has 8 aromatic carbocycles. The second kappa shape index (κ2) is 9.42. The van der Waals surface area contributed by atoms with Gasteiger partial charge in [-0.2, -0.15) is 0 Å². The van der Waals surface area contributed by atoms with E-state index in [1.807, 2.05) is 0 Å². The van der Waals surface area contributed by atoms with Gasteiger partial charge in [-0.25, -0.2) is 0 Å². The van der Waals surface area contributed by atoms with E-state index in [2.05, 4.69) is 156 Å². The molecule has 1 heterocycles. The minimum atomic E-state index is 1.06. The van der Waals surface area contributed by atoms with E-state index in [0.29, 0.717) is 0 Å². The molecule has 1 heteroatoms. The van der Waals surface area contributed by atoms with Gasteiger partial charge in [-0.1, -0.05) is 121 Å². The Labute approximate surface area is 261 Å². The highest BCUT2D eigenvalue weighted by atomic mass is 15.0. The van der Waals surface area contributed by atoms with E-state index < -0.39 is 0 Å². The fourth-order valence-corrected chi connectivity index (χ4v) is 8.08. The summed E-state index contributed by atoms with van der Waals surface area (Å²) in [5, 5.41) is 14.5. The van der Waals surface area contributed by atoms with Crippen LogP contribution in [0.2, 0.25) is 0 Å². The van der Waals surface area contributed by atoms with E-state index in [4.69, 9.17) is 0 Å². The molecular formula is C44H29N. The van der Waals surface area contributed by atoms with Crippen molar-refractivity contribution in [1.29, 1.82) is 0 Å². The van der Waals surface area contributed by atoms with Gasteiger partial charge < -0.3 is 4.57 Å². The Morgan fingerprint density at radius 3 is 1.58 bits per heavy atom. The normalized spacial score (nSPS) is 13.1. The van der Waals surface area contributed by atoms with Gasteiger partial charge in [0.2, 0.25) is 0 Å². The first kappa shape index (κ1) is 24.7. The van der Waals surface area contributed by atoms with Crippen LogP contribution in [0.25, 0.3) is 87.7 Å². The highest BCUT2D eigenvalue weighted by Gasteiger charge is 2.20. The molecule has 0 aliphatic heterocycles. The zero-order chi connectivity index (χ0) is 29.5. The van der Waals surface area contributed by atoms with Gasteiger partial charge in [0.05, 0.1) is 5.52 Å². The van der Waals surface area contributed by atoms with Gasteiger partial charge in [-0.15, -0.1) is 0 Å². The first-order valence-electron chi connectivity index (χ1n) is 15.9. The number of hydrogen-bond acceptors (Lipinski definition) is 0. The SMILES string of the molecule is C1=Cc2c(n(-c3ccccc3)c3ccc(-c4ccc5c6ccccc6c6c7ccccc7c7ccccc7c6c5c4)cc23)CC1. The summed E-state index contributed by atoms with van der Waals surface area (Å²) in [6.45, 7) is 0. The Balaban J connectivity index is 1.30. The first-order chi connectivity index (χ1) is 22.3. The zero-order valence-electron chi connectivity index (χ0n) is 24.8. The number of aromatic nitrogens is 1. The molecule has 45 heavy (non-hydrogen) atoms. The average Bonchev–Trinajstić information content (AvgIpc) is 3.45. The van der Waals surface area contributed by atoms with Crippen molar-refractivity contribution < 1.29 is 0 Å². The van der Waals surface area contributed by atoms with Gasteiger partial charge in [0.1, 0.15) is 0 Å². The van der Waals surface area contributed by atoms with Gasteiger partial charge in [0.15, 0.2) is 0 Å². The third-order valence-electron chi connectivity index (χ3n) is 10.00. The number of para-hydroxylation sites is 1. The summed E-state index contributed by atoms with van der Waals surface area (Å²) in [6.07, 6.45) is 6.80. The van der Waals surface area contributed by atoms with E-state index >= 15 is 0 Å². The monoisotopic (exact) mass is 571 g/mol. The third-order valence-corrected chi connectivity index (χ3v) is 10.00. The fourth-order valence-electron chi connectivity index (χ4n) is 8.08. The molecule has 0 unspecified atom stereocenters. The number of hydrogen-bond donors (Lipinski definition) is 0. The predicted molar refractivity (Wildman–Crippen MR) is 194 cm³/mol. The number of allylic oxidation sites excluding steroid dienone is 1. The lowest BCUT2D eigenvalue weighted by atomic mass is 9.86. The maximum atomic E-state index is 2.47. The van der Waals surface area contributed by atoms with E-state index in [1.54, 1.807) is 0 Å². The second-order valence-electron chi connectivity index (χ2n) is 12.4. The summed E-state index contributed by atoms with van der Waals surface area (Å²) >= 11 is 0. The summed E-state index contributed by atoms with van der Waals surface area (Å²) in [6, 6.07) is 51.8. The molecule has 0 radical (unpaired) electrons. The second-order valence-corrected chi connectivity index (χ2v) is 12.4. The van der Waals surface area contributed by atoms with Crippen LogP contribution in [0.5, 0.6) is 0 Å². The van der Waals surface area contributed by atoms with Crippen molar-refractivity contribution in [3.8, 4) is 16.8 Å². The molecule has 0 amide bonds. The smallest absolute Gasteiger partial charge is 0.0538 e. The molecule has 9 aromatic rings. The molecule has 0 bridgehead atoms. The lowest BCUT2D eigenvalue weighted by Gasteiger charge is -2.17. The van der Waals surface area contributed by atoms with Crippen LogP contribution in [0.3, 0.4) is 0 Å². The molecule has 1 aliphatic rings. The van der Waals surface area contributed by atoms with Crippen molar-refractivity contribution in [2.45, 2.75) is 12.8 Å². The molecule has 0 saturated heterocycles. The fraction of sp³-hybridized carbons (Fsp3) is 0.0455. The average molecular weight is 572 g/mol. The van der Waals surface area contributed by atoms with E-state index in [-0.39, 0.29) is 0 Å².